The molecule has 1 heterocycles. The summed E-state index contributed by atoms with van der Waals surface area (Å²) in [6.45, 7) is 1.40. The van der Waals surface area contributed by atoms with Gasteiger partial charge in [-0.2, -0.15) is 0 Å². The van der Waals surface area contributed by atoms with Crippen LogP contribution in [0.4, 0.5) is 0 Å². The smallest absolute Gasteiger partial charge is 0.122 e. The minimum Gasteiger partial charge on any atom is -0.493 e. The fraction of sp³-hybridized carbons (Fsp3) is 0.200. The van der Waals surface area contributed by atoms with E-state index in [1.54, 1.807) is 0 Å². The van der Waals surface area contributed by atoms with Crippen molar-refractivity contribution in [2.75, 3.05) is 6.61 Å². The van der Waals surface area contributed by atoms with Crippen LogP contribution in [-0.2, 0) is 13.0 Å². The molecule has 2 nitrogen and oxygen atoms in total. The number of hydrogen-bond donors (Lipinski definition) is 0. The van der Waals surface area contributed by atoms with Crippen molar-refractivity contribution in [3.8, 4) is 11.5 Å². The number of benzene rings is 2. The highest BCUT2D eigenvalue weighted by Crippen LogP contribution is 2.29. The van der Waals surface area contributed by atoms with Crippen molar-refractivity contribution in [3.63, 3.8) is 0 Å². The highest BCUT2D eigenvalue weighted by molar-refractivity contribution is 5.42. The minimum atomic E-state index is 0.612. The Morgan fingerprint density at radius 1 is 1.06 bits per heavy atom. The lowest BCUT2D eigenvalue weighted by Gasteiger charge is -2.07. The topological polar surface area (TPSA) is 18.5 Å². The van der Waals surface area contributed by atoms with Gasteiger partial charge in [-0.25, -0.2) is 0 Å². The Kier molecular flexibility index (Phi) is 2.70. The molecule has 1 aliphatic rings. The van der Waals surface area contributed by atoms with E-state index in [2.05, 4.69) is 18.2 Å². The minimum absolute atomic E-state index is 0.612. The predicted molar refractivity (Wildman–Crippen MR) is 66.4 cm³/mol. The Morgan fingerprint density at radius 2 is 1.94 bits per heavy atom. The molecule has 0 aliphatic carbocycles. The molecule has 1 aliphatic heterocycles. The molecule has 0 saturated heterocycles. The van der Waals surface area contributed by atoms with Gasteiger partial charge >= 0.3 is 0 Å². The molecule has 0 fully saturated rings. The van der Waals surface area contributed by atoms with Gasteiger partial charge in [-0.05, 0) is 23.8 Å². The summed E-state index contributed by atoms with van der Waals surface area (Å²) in [6, 6.07) is 16.2. The Morgan fingerprint density at radius 3 is 2.82 bits per heavy atom. The molecule has 0 saturated carbocycles. The van der Waals surface area contributed by atoms with Crippen LogP contribution in [0.3, 0.4) is 0 Å². The van der Waals surface area contributed by atoms with Crippen molar-refractivity contribution in [1.29, 1.82) is 0 Å². The zero-order valence-corrected chi connectivity index (χ0v) is 9.56. The van der Waals surface area contributed by atoms with Crippen LogP contribution in [0, 0.1) is 0 Å². The molecule has 0 radical (unpaired) electrons. The molecular weight excluding hydrogens is 212 g/mol. The maximum absolute atomic E-state index is 5.76. The summed E-state index contributed by atoms with van der Waals surface area (Å²) < 4.78 is 11.2. The molecule has 0 N–H and O–H groups in total. The maximum Gasteiger partial charge on any atom is 0.122 e. The third kappa shape index (κ3) is 2.26. The van der Waals surface area contributed by atoms with Crippen LogP contribution in [0.1, 0.15) is 11.1 Å². The highest BCUT2D eigenvalue weighted by Gasteiger charge is 2.12. The van der Waals surface area contributed by atoms with Crippen LogP contribution < -0.4 is 9.47 Å². The molecule has 2 heteroatoms. The second-order valence-corrected chi connectivity index (χ2v) is 4.14. The Hall–Kier alpha value is -1.96. The quantitative estimate of drug-likeness (QED) is 0.800. The largest absolute Gasteiger partial charge is 0.493 e. The summed E-state index contributed by atoms with van der Waals surface area (Å²) in [7, 11) is 0. The molecule has 0 atom stereocenters. The summed E-state index contributed by atoms with van der Waals surface area (Å²) in [6.07, 6.45) is 0.984. The van der Waals surface area contributed by atoms with Gasteiger partial charge in [0.05, 0.1) is 6.61 Å². The highest BCUT2D eigenvalue weighted by atomic mass is 16.5. The molecule has 2 aromatic rings. The van der Waals surface area contributed by atoms with Gasteiger partial charge in [0.25, 0.3) is 0 Å². The molecule has 0 unspecified atom stereocenters. The number of hydrogen-bond acceptors (Lipinski definition) is 2. The number of ether oxygens (including phenoxy) is 2. The molecule has 0 spiro atoms. The first kappa shape index (κ1) is 10.2. The molecule has 2 aromatic carbocycles. The maximum atomic E-state index is 5.76. The predicted octanol–water partition coefficient (Wildman–Crippen LogP) is 3.20. The van der Waals surface area contributed by atoms with Crippen LogP contribution in [0.15, 0.2) is 48.5 Å². The van der Waals surface area contributed by atoms with Crippen LogP contribution in [-0.4, -0.2) is 6.61 Å². The van der Waals surface area contributed by atoms with Crippen molar-refractivity contribution in [2.45, 2.75) is 13.0 Å². The normalized spacial score (nSPS) is 12.9. The molecule has 0 bridgehead atoms. The van der Waals surface area contributed by atoms with E-state index in [1.807, 2.05) is 30.3 Å². The van der Waals surface area contributed by atoms with E-state index in [9.17, 15) is 0 Å². The van der Waals surface area contributed by atoms with E-state index in [-0.39, 0.29) is 0 Å². The Bertz CT molecular complexity index is 506. The molecule has 0 aromatic heterocycles. The second-order valence-electron chi connectivity index (χ2n) is 4.14. The van der Waals surface area contributed by atoms with Crippen LogP contribution in [0.5, 0.6) is 11.5 Å². The van der Waals surface area contributed by atoms with E-state index >= 15 is 0 Å². The lowest BCUT2D eigenvalue weighted by Crippen LogP contribution is -1.95. The van der Waals surface area contributed by atoms with E-state index < -0.39 is 0 Å². The third-order valence-corrected chi connectivity index (χ3v) is 2.91. The number of fused-ring (bicyclic) bond motifs is 1. The first-order valence-electron chi connectivity index (χ1n) is 5.84. The molecule has 86 valence electrons. The average Bonchev–Trinajstić information content (AvgIpc) is 2.85. The molecule has 0 amide bonds. The first-order valence-corrected chi connectivity index (χ1v) is 5.84. The number of rotatable bonds is 3. The Balaban J connectivity index is 1.70. The summed E-state index contributed by atoms with van der Waals surface area (Å²) in [5, 5.41) is 0. The van der Waals surface area contributed by atoms with Gasteiger partial charge in [-0.1, -0.05) is 30.3 Å². The van der Waals surface area contributed by atoms with E-state index in [0.717, 1.165) is 24.5 Å². The van der Waals surface area contributed by atoms with Crippen LogP contribution in [0.2, 0.25) is 0 Å². The lowest BCUT2D eigenvalue weighted by molar-refractivity contribution is 0.305. The zero-order chi connectivity index (χ0) is 11.5. The second kappa shape index (κ2) is 4.50. The molecule has 17 heavy (non-hydrogen) atoms. The summed E-state index contributed by atoms with van der Waals surface area (Å²) >= 11 is 0. The SMILES string of the molecule is c1ccc(COc2ccc3c(c2)CCO3)cc1. The average molecular weight is 226 g/mol. The van der Waals surface area contributed by atoms with Gasteiger partial charge < -0.3 is 9.47 Å². The monoisotopic (exact) mass is 226 g/mol. The molecular formula is C15H14O2. The van der Waals surface area contributed by atoms with Gasteiger partial charge in [-0.3, -0.25) is 0 Å². The van der Waals surface area contributed by atoms with Crippen molar-refractivity contribution in [1.82, 2.24) is 0 Å². The van der Waals surface area contributed by atoms with Crippen LogP contribution in [0.25, 0.3) is 0 Å². The Labute approximate surface area is 101 Å². The van der Waals surface area contributed by atoms with Gasteiger partial charge in [0.15, 0.2) is 0 Å². The first-order chi connectivity index (χ1) is 8.42. The summed E-state index contributed by atoms with van der Waals surface area (Å²) in [5.74, 6) is 1.91. The van der Waals surface area contributed by atoms with E-state index in [1.165, 1.54) is 11.1 Å². The fourth-order valence-corrected chi connectivity index (χ4v) is 1.99. The van der Waals surface area contributed by atoms with Crippen molar-refractivity contribution < 1.29 is 9.47 Å². The third-order valence-electron chi connectivity index (χ3n) is 2.91. The van der Waals surface area contributed by atoms with Crippen LogP contribution >= 0.6 is 0 Å². The van der Waals surface area contributed by atoms with E-state index in [4.69, 9.17) is 9.47 Å². The van der Waals surface area contributed by atoms with Gasteiger partial charge in [0.2, 0.25) is 0 Å². The van der Waals surface area contributed by atoms with Crippen molar-refractivity contribution in [2.24, 2.45) is 0 Å². The lowest BCUT2D eigenvalue weighted by atomic mass is 10.1. The van der Waals surface area contributed by atoms with Gasteiger partial charge in [0.1, 0.15) is 18.1 Å². The van der Waals surface area contributed by atoms with Gasteiger partial charge in [0, 0.05) is 12.0 Å². The zero-order valence-electron chi connectivity index (χ0n) is 9.56. The van der Waals surface area contributed by atoms with E-state index in [0.29, 0.717) is 6.61 Å². The van der Waals surface area contributed by atoms with Crippen molar-refractivity contribution in [3.05, 3.63) is 59.7 Å². The fourth-order valence-electron chi connectivity index (χ4n) is 1.99. The summed E-state index contributed by atoms with van der Waals surface area (Å²) in [5.41, 5.74) is 2.43. The van der Waals surface area contributed by atoms with Gasteiger partial charge in [-0.15, -0.1) is 0 Å². The van der Waals surface area contributed by atoms with Crippen molar-refractivity contribution >= 4 is 0 Å². The summed E-state index contributed by atoms with van der Waals surface area (Å²) in [4.78, 5) is 0. The standard InChI is InChI=1S/C15H14O2/c1-2-4-12(5-3-1)11-17-14-6-7-15-13(10-14)8-9-16-15/h1-7,10H,8-9,11H2. The molecule has 3 rings (SSSR count).